The van der Waals surface area contributed by atoms with E-state index in [1.807, 2.05) is 29.4 Å². The van der Waals surface area contributed by atoms with Crippen LogP contribution in [0.3, 0.4) is 0 Å². The molecule has 1 aliphatic rings. The molecular weight excluding hydrogens is 254 g/mol. The second-order valence-electron chi connectivity index (χ2n) is 4.94. The van der Waals surface area contributed by atoms with Crippen molar-refractivity contribution in [3.05, 3.63) is 54.2 Å². The molecule has 0 N–H and O–H groups in total. The van der Waals surface area contributed by atoms with Gasteiger partial charge in [0, 0.05) is 45.1 Å². The lowest BCUT2D eigenvalue weighted by molar-refractivity contribution is 0.0628. The number of hydrogen-bond donors (Lipinski definition) is 0. The number of furan rings is 1. The van der Waals surface area contributed by atoms with Gasteiger partial charge in [0.1, 0.15) is 6.26 Å². The first-order valence-corrected chi connectivity index (χ1v) is 6.75. The van der Waals surface area contributed by atoms with Crippen molar-refractivity contribution >= 4 is 5.91 Å². The average Bonchev–Trinajstić information content (AvgIpc) is 3.03. The molecule has 2 aromatic heterocycles. The van der Waals surface area contributed by atoms with Crippen LogP contribution in [0.2, 0.25) is 0 Å². The zero-order valence-corrected chi connectivity index (χ0v) is 11.2. The third-order valence-electron chi connectivity index (χ3n) is 3.58. The quantitative estimate of drug-likeness (QED) is 0.851. The fourth-order valence-electron chi connectivity index (χ4n) is 2.42. The molecule has 1 saturated heterocycles. The molecule has 0 atom stereocenters. The average molecular weight is 271 g/mol. The number of hydrogen-bond acceptors (Lipinski definition) is 4. The van der Waals surface area contributed by atoms with Gasteiger partial charge in [-0.3, -0.25) is 14.7 Å². The van der Waals surface area contributed by atoms with Crippen molar-refractivity contribution in [3.8, 4) is 0 Å². The lowest BCUT2D eigenvalue weighted by Gasteiger charge is -2.34. The highest BCUT2D eigenvalue weighted by molar-refractivity contribution is 5.93. The summed E-state index contributed by atoms with van der Waals surface area (Å²) in [4.78, 5) is 20.4. The van der Waals surface area contributed by atoms with Crippen LogP contribution in [-0.4, -0.2) is 46.9 Å². The number of nitrogens with zero attached hydrogens (tertiary/aromatic N) is 3. The lowest BCUT2D eigenvalue weighted by atomic mass is 10.2. The van der Waals surface area contributed by atoms with Crippen LogP contribution in [0.25, 0.3) is 0 Å². The maximum Gasteiger partial charge on any atom is 0.257 e. The number of aromatic nitrogens is 1. The summed E-state index contributed by atoms with van der Waals surface area (Å²) in [5.74, 6) is 0.0577. The minimum absolute atomic E-state index is 0.0577. The summed E-state index contributed by atoms with van der Waals surface area (Å²) < 4.78 is 4.96. The molecule has 0 bridgehead atoms. The van der Waals surface area contributed by atoms with Crippen molar-refractivity contribution in [2.24, 2.45) is 0 Å². The fourth-order valence-corrected chi connectivity index (χ4v) is 2.42. The van der Waals surface area contributed by atoms with Gasteiger partial charge in [-0.1, -0.05) is 0 Å². The van der Waals surface area contributed by atoms with E-state index in [9.17, 15) is 4.79 Å². The van der Waals surface area contributed by atoms with Crippen LogP contribution in [0.4, 0.5) is 0 Å². The molecule has 0 saturated carbocycles. The van der Waals surface area contributed by atoms with Gasteiger partial charge in [0.2, 0.25) is 0 Å². The molecule has 1 fully saturated rings. The summed E-state index contributed by atoms with van der Waals surface area (Å²) in [6.45, 7) is 4.22. The number of piperazine rings is 1. The normalized spacial score (nSPS) is 16.3. The van der Waals surface area contributed by atoms with Crippen molar-refractivity contribution in [3.63, 3.8) is 0 Å². The van der Waals surface area contributed by atoms with Gasteiger partial charge in [0.25, 0.3) is 5.91 Å². The Morgan fingerprint density at radius 2 is 1.90 bits per heavy atom. The van der Waals surface area contributed by atoms with Crippen LogP contribution in [0.1, 0.15) is 15.9 Å². The largest absolute Gasteiger partial charge is 0.472 e. The zero-order valence-electron chi connectivity index (χ0n) is 11.2. The molecule has 3 heterocycles. The van der Waals surface area contributed by atoms with Crippen LogP contribution in [0.5, 0.6) is 0 Å². The first-order valence-electron chi connectivity index (χ1n) is 6.75. The minimum Gasteiger partial charge on any atom is -0.472 e. The smallest absolute Gasteiger partial charge is 0.257 e. The van der Waals surface area contributed by atoms with Gasteiger partial charge in [0.05, 0.1) is 11.8 Å². The van der Waals surface area contributed by atoms with E-state index in [-0.39, 0.29) is 5.91 Å². The van der Waals surface area contributed by atoms with Crippen molar-refractivity contribution in [2.75, 3.05) is 26.2 Å². The number of rotatable bonds is 3. The summed E-state index contributed by atoms with van der Waals surface area (Å²) >= 11 is 0. The number of pyridine rings is 1. The van der Waals surface area contributed by atoms with Gasteiger partial charge in [-0.15, -0.1) is 0 Å². The maximum atomic E-state index is 12.2. The number of carbonyl (C=O) groups is 1. The molecular formula is C15H17N3O2. The molecule has 20 heavy (non-hydrogen) atoms. The second kappa shape index (κ2) is 5.88. The molecule has 0 aliphatic carbocycles. The van der Waals surface area contributed by atoms with Crippen LogP contribution in [-0.2, 0) is 6.54 Å². The Morgan fingerprint density at radius 1 is 1.15 bits per heavy atom. The van der Waals surface area contributed by atoms with Crippen molar-refractivity contribution in [1.29, 1.82) is 0 Å². The summed E-state index contributed by atoms with van der Waals surface area (Å²) in [5.41, 5.74) is 1.89. The fraction of sp³-hybridized carbons (Fsp3) is 0.333. The van der Waals surface area contributed by atoms with Crippen LogP contribution in [0, 0.1) is 0 Å². The highest BCUT2D eigenvalue weighted by atomic mass is 16.3. The lowest BCUT2D eigenvalue weighted by Crippen LogP contribution is -2.48. The van der Waals surface area contributed by atoms with Crippen LogP contribution >= 0.6 is 0 Å². The molecule has 2 aromatic rings. The predicted octanol–water partition coefficient (Wildman–Crippen LogP) is 1.63. The Hall–Kier alpha value is -2.14. The molecule has 5 heteroatoms. The summed E-state index contributed by atoms with van der Waals surface area (Å²) in [7, 11) is 0. The Labute approximate surface area is 117 Å². The van der Waals surface area contributed by atoms with Crippen molar-refractivity contribution < 1.29 is 9.21 Å². The standard InChI is InChI=1S/C15H17N3O2/c19-15(14-3-10-20-12-14)18-8-6-17(7-9-18)11-13-1-4-16-5-2-13/h1-5,10,12H,6-9,11H2. The Kier molecular flexibility index (Phi) is 3.78. The Bertz CT molecular complexity index is 546. The van der Waals surface area contributed by atoms with E-state index >= 15 is 0 Å². The van der Waals surface area contributed by atoms with Gasteiger partial charge in [-0.05, 0) is 23.8 Å². The molecule has 0 aromatic carbocycles. The molecule has 0 radical (unpaired) electrons. The van der Waals surface area contributed by atoms with Gasteiger partial charge < -0.3 is 9.32 Å². The predicted molar refractivity (Wildman–Crippen MR) is 74.1 cm³/mol. The first-order chi connectivity index (χ1) is 9.83. The van der Waals surface area contributed by atoms with E-state index in [1.54, 1.807) is 6.07 Å². The van der Waals surface area contributed by atoms with E-state index in [0.717, 1.165) is 32.7 Å². The highest BCUT2D eigenvalue weighted by Crippen LogP contribution is 2.11. The second-order valence-corrected chi connectivity index (χ2v) is 4.94. The van der Waals surface area contributed by atoms with Crippen molar-refractivity contribution in [1.82, 2.24) is 14.8 Å². The number of carbonyl (C=O) groups excluding carboxylic acids is 1. The van der Waals surface area contributed by atoms with E-state index in [1.165, 1.54) is 18.1 Å². The molecule has 104 valence electrons. The third-order valence-corrected chi connectivity index (χ3v) is 3.58. The summed E-state index contributed by atoms with van der Waals surface area (Å²) in [6.07, 6.45) is 6.67. The topological polar surface area (TPSA) is 49.6 Å². The van der Waals surface area contributed by atoms with Crippen molar-refractivity contribution in [2.45, 2.75) is 6.54 Å². The van der Waals surface area contributed by atoms with Gasteiger partial charge in [-0.2, -0.15) is 0 Å². The SMILES string of the molecule is O=C(c1ccoc1)N1CCN(Cc2ccncc2)CC1. The molecule has 0 spiro atoms. The maximum absolute atomic E-state index is 12.2. The monoisotopic (exact) mass is 271 g/mol. The summed E-state index contributed by atoms with van der Waals surface area (Å²) in [5, 5.41) is 0. The minimum atomic E-state index is 0.0577. The molecule has 1 aliphatic heterocycles. The van der Waals surface area contributed by atoms with Gasteiger partial charge in [-0.25, -0.2) is 0 Å². The zero-order chi connectivity index (χ0) is 13.8. The number of amides is 1. The first kappa shape index (κ1) is 12.9. The molecule has 3 rings (SSSR count). The van der Waals surface area contributed by atoms with Crippen LogP contribution in [0.15, 0.2) is 47.5 Å². The van der Waals surface area contributed by atoms with E-state index in [4.69, 9.17) is 4.42 Å². The Morgan fingerprint density at radius 3 is 2.55 bits per heavy atom. The van der Waals surface area contributed by atoms with Crippen LogP contribution < -0.4 is 0 Å². The van der Waals surface area contributed by atoms with Gasteiger partial charge >= 0.3 is 0 Å². The van der Waals surface area contributed by atoms with E-state index in [0.29, 0.717) is 5.56 Å². The van der Waals surface area contributed by atoms with E-state index < -0.39 is 0 Å². The van der Waals surface area contributed by atoms with E-state index in [2.05, 4.69) is 9.88 Å². The third kappa shape index (κ3) is 2.88. The molecule has 1 amide bonds. The molecule has 5 nitrogen and oxygen atoms in total. The van der Waals surface area contributed by atoms with Gasteiger partial charge in [0.15, 0.2) is 0 Å². The summed E-state index contributed by atoms with van der Waals surface area (Å²) in [6, 6.07) is 5.78. The highest BCUT2D eigenvalue weighted by Gasteiger charge is 2.22. The Balaban J connectivity index is 1.53. The molecule has 0 unspecified atom stereocenters.